The minimum absolute atomic E-state index is 0.0626. The number of nitrogens with zero attached hydrogens (tertiary/aromatic N) is 1. The molecule has 0 N–H and O–H groups in total. The summed E-state index contributed by atoms with van der Waals surface area (Å²) in [6, 6.07) is 9.62. The molecule has 25 heavy (non-hydrogen) atoms. The van der Waals surface area contributed by atoms with Crippen molar-refractivity contribution in [3.8, 4) is 0 Å². The quantitative estimate of drug-likeness (QED) is 0.775. The molecule has 0 unspecified atom stereocenters. The third-order valence-electron chi connectivity index (χ3n) is 5.42. The Morgan fingerprint density at radius 3 is 1.96 bits per heavy atom. The number of benzene rings is 2. The number of rotatable bonds is 2. The van der Waals surface area contributed by atoms with E-state index in [1.807, 2.05) is 0 Å². The Hall–Kier alpha value is -2.30. The fourth-order valence-electron chi connectivity index (χ4n) is 4.34. The lowest BCUT2D eigenvalue weighted by Gasteiger charge is -2.39. The first-order valence-electron chi connectivity index (χ1n) is 8.55. The minimum Gasteiger partial charge on any atom is -0.333 e. The number of carbonyl (C=O) groups excluding carboxylic acids is 1. The van der Waals surface area contributed by atoms with E-state index in [2.05, 4.69) is 0 Å². The molecule has 2 aliphatic rings. The molecule has 2 nitrogen and oxygen atoms in total. The normalized spacial score (nSPS) is 25.2. The molecular formula is C20H18F3NO. The van der Waals surface area contributed by atoms with Crippen LogP contribution >= 0.6 is 0 Å². The van der Waals surface area contributed by atoms with E-state index in [-0.39, 0.29) is 35.3 Å². The zero-order valence-electron chi connectivity index (χ0n) is 13.6. The lowest BCUT2D eigenvalue weighted by atomic mass is 9.85. The van der Waals surface area contributed by atoms with Crippen molar-refractivity contribution in [2.75, 3.05) is 0 Å². The van der Waals surface area contributed by atoms with Gasteiger partial charge in [0, 0.05) is 23.7 Å². The molecular weight excluding hydrogens is 327 g/mol. The Labute approximate surface area is 144 Å². The van der Waals surface area contributed by atoms with Crippen LogP contribution in [0.15, 0.2) is 42.5 Å². The van der Waals surface area contributed by atoms with Gasteiger partial charge < -0.3 is 4.90 Å². The summed E-state index contributed by atoms with van der Waals surface area (Å²) in [5.74, 6) is -1.75. The predicted molar refractivity (Wildman–Crippen MR) is 87.7 cm³/mol. The van der Waals surface area contributed by atoms with Gasteiger partial charge in [0.05, 0.1) is 0 Å². The van der Waals surface area contributed by atoms with Gasteiger partial charge in [0.2, 0.25) is 0 Å². The third kappa shape index (κ3) is 3.03. The average molecular weight is 345 g/mol. The van der Waals surface area contributed by atoms with Crippen molar-refractivity contribution in [1.82, 2.24) is 4.90 Å². The number of hydrogen-bond donors (Lipinski definition) is 0. The van der Waals surface area contributed by atoms with E-state index in [4.69, 9.17) is 0 Å². The van der Waals surface area contributed by atoms with Crippen LogP contribution in [0.5, 0.6) is 0 Å². The first-order valence-corrected chi connectivity index (χ1v) is 8.55. The molecule has 130 valence electrons. The highest BCUT2D eigenvalue weighted by Crippen LogP contribution is 2.43. The first kappa shape index (κ1) is 16.2. The lowest BCUT2D eigenvalue weighted by molar-refractivity contribution is 0.0570. The molecule has 2 fully saturated rings. The summed E-state index contributed by atoms with van der Waals surface area (Å²) in [4.78, 5) is 14.6. The molecule has 2 atom stereocenters. The van der Waals surface area contributed by atoms with Crippen LogP contribution in [0.4, 0.5) is 13.2 Å². The van der Waals surface area contributed by atoms with Crippen LogP contribution in [0, 0.1) is 17.5 Å². The number of fused-ring (bicyclic) bond motifs is 2. The number of piperidine rings is 1. The van der Waals surface area contributed by atoms with Gasteiger partial charge >= 0.3 is 0 Å². The van der Waals surface area contributed by atoms with E-state index in [9.17, 15) is 18.0 Å². The summed E-state index contributed by atoms with van der Waals surface area (Å²) in [6.07, 6.45) is 3.38. The van der Waals surface area contributed by atoms with Crippen molar-refractivity contribution in [2.24, 2.45) is 0 Å². The SMILES string of the molecule is O=C(c1cc(F)cc(F)c1)N1[C@H]2CC[C@H]1CC(c1ccc(F)cc1)C2. The second-order valence-electron chi connectivity index (χ2n) is 6.98. The van der Waals surface area contributed by atoms with Gasteiger partial charge in [0.15, 0.2) is 0 Å². The molecule has 1 amide bonds. The number of hydrogen-bond acceptors (Lipinski definition) is 1. The molecule has 4 rings (SSSR count). The maximum Gasteiger partial charge on any atom is 0.254 e. The van der Waals surface area contributed by atoms with Crippen molar-refractivity contribution in [2.45, 2.75) is 43.7 Å². The monoisotopic (exact) mass is 345 g/mol. The van der Waals surface area contributed by atoms with E-state index < -0.39 is 11.6 Å². The summed E-state index contributed by atoms with van der Waals surface area (Å²) in [5, 5.41) is 0. The fourth-order valence-corrected chi connectivity index (χ4v) is 4.34. The Kier molecular flexibility index (Phi) is 4.02. The van der Waals surface area contributed by atoms with E-state index in [1.165, 1.54) is 12.1 Å². The molecule has 2 heterocycles. The molecule has 0 aromatic heterocycles. The highest BCUT2D eigenvalue weighted by Gasteiger charge is 2.43. The second-order valence-corrected chi connectivity index (χ2v) is 6.98. The van der Waals surface area contributed by atoms with Gasteiger partial charge in [-0.1, -0.05) is 12.1 Å². The van der Waals surface area contributed by atoms with E-state index >= 15 is 0 Å². The summed E-state index contributed by atoms with van der Waals surface area (Å²) in [6.45, 7) is 0. The van der Waals surface area contributed by atoms with Crippen LogP contribution < -0.4 is 0 Å². The standard InChI is InChI=1S/C20H18F3NO/c21-15-3-1-12(2-4-15)13-9-18-5-6-19(10-13)24(18)20(25)14-7-16(22)11-17(23)8-14/h1-4,7-8,11,13,18-19H,5-6,9-10H2/t18-,19-/m0/s1. The molecule has 0 aliphatic carbocycles. The first-order chi connectivity index (χ1) is 12.0. The lowest BCUT2D eigenvalue weighted by Crippen LogP contribution is -2.46. The van der Waals surface area contributed by atoms with Gasteiger partial charge in [-0.15, -0.1) is 0 Å². The third-order valence-corrected chi connectivity index (χ3v) is 5.42. The van der Waals surface area contributed by atoms with Gasteiger partial charge in [0.1, 0.15) is 17.5 Å². The van der Waals surface area contributed by atoms with Gasteiger partial charge in [-0.25, -0.2) is 13.2 Å². The van der Waals surface area contributed by atoms with Crippen LogP contribution in [0.25, 0.3) is 0 Å². The highest BCUT2D eigenvalue weighted by atomic mass is 19.1. The maximum absolute atomic E-state index is 13.4. The van der Waals surface area contributed by atoms with E-state index in [0.29, 0.717) is 0 Å². The van der Waals surface area contributed by atoms with Gasteiger partial charge in [-0.3, -0.25) is 4.79 Å². The number of carbonyl (C=O) groups is 1. The minimum atomic E-state index is -0.739. The Morgan fingerprint density at radius 2 is 1.40 bits per heavy atom. The molecule has 2 saturated heterocycles. The van der Waals surface area contributed by atoms with Crippen molar-refractivity contribution < 1.29 is 18.0 Å². The Bertz CT molecular complexity index is 771. The summed E-state index contributed by atoms with van der Waals surface area (Å²) in [5.41, 5.74) is 1.15. The van der Waals surface area contributed by atoms with Crippen molar-refractivity contribution in [3.05, 3.63) is 71.0 Å². The smallest absolute Gasteiger partial charge is 0.254 e. The molecule has 2 aromatic carbocycles. The van der Waals surface area contributed by atoms with Crippen molar-refractivity contribution in [3.63, 3.8) is 0 Å². The fraction of sp³-hybridized carbons (Fsp3) is 0.350. The largest absolute Gasteiger partial charge is 0.333 e. The number of amides is 1. The molecule has 0 radical (unpaired) electrons. The second kappa shape index (κ2) is 6.21. The van der Waals surface area contributed by atoms with Gasteiger partial charge in [0.25, 0.3) is 5.91 Å². The van der Waals surface area contributed by atoms with Crippen LogP contribution in [-0.4, -0.2) is 22.9 Å². The Balaban J connectivity index is 1.56. The van der Waals surface area contributed by atoms with Gasteiger partial charge in [-0.2, -0.15) is 0 Å². The summed E-state index contributed by atoms with van der Waals surface area (Å²) in [7, 11) is 0. The summed E-state index contributed by atoms with van der Waals surface area (Å²) < 4.78 is 40.0. The molecule has 0 spiro atoms. The van der Waals surface area contributed by atoms with Crippen LogP contribution in [-0.2, 0) is 0 Å². The van der Waals surface area contributed by atoms with Gasteiger partial charge in [-0.05, 0) is 61.4 Å². The zero-order valence-corrected chi connectivity index (χ0v) is 13.6. The van der Waals surface area contributed by atoms with Crippen molar-refractivity contribution in [1.29, 1.82) is 0 Å². The predicted octanol–water partition coefficient (Wildman–Crippen LogP) is 4.65. The van der Waals surface area contributed by atoms with E-state index in [0.717, 1.165) is 49.4 Å². The van der Waals surface area contributed by atoms with Crippen LogP contribution in [0.2, 0.25) is 0 Å². The topological polar surface area (TPSA) is 20.3 Å². The van der Waals surface area contributed by atoms with Crippen LogP contribution in [0.1, 0.15) is 47.5 Å². The molecule has 2 aromatic rings. The van der Waals surface area contributed by atoms with Crippen LogP contribution in [0.3, 0.4) is 0 Å². The van der Waals surface area contributed by atoms with E-state index in [1.54, 1.807) is 17.0 Å². The molecule has 2 bridgehead atoms. The highest BCUT2D eigenvalue weighted by molar-refractivity contribution is 5.95. The summed E-state index contributed by atoms with van der Waals surface area (Å²) >= 11 is 0. The number of halogens is 3. The van der Waals surface area contributed by atoms with Crippen molar-refractivity contribution >= 4 is 5.91 Å². The maximum atomic E-state index is 13.4. The molecule has 5 heteroatoms. The molecule has 0 saturated carbocycles. The Morgan fingerprint density at radius 1 is 0.840 bits per heavy atom. The molecule has 2 aliphatic heterocycles. The zero-order chi connectivity index (χ0) is 17.6. The average Bonchev–Trinajstić information content (AvgIpc) is 2.83.